The van der Waals surface area contributed by atoms with E-state index in [9.17, 15) is 4.79 Å². The van der Waals surface area contributed by atoms with Crippen LogP contribution in [0.4, 0.5) is 4.79 Å². The summed E-state index contributed by atoms with van der Waals surface area (Å²) in [5, 5.41) is 5.98. The Kier molecular flexibility index (Phi) is 5.90. The molecule has 1 aliphatic rings. The molecule has 0 spiro atoms. The lowest BCUT2D eigenvalue weighted by molar-refractivity contribution is 0.237. The van der Waals surface area contributed by atoms with Crippen molar-refractivity contribution in [3.8, 4) is 5.75 Å². The van der Waals surface area contributed by atoms with Crippen LogP contribution >= 0.6 is 0 Å². The Hall–Kier alpha value is -1.71. The number of methoxy groups -OCH3 is 1. The molecule has 0 unspecified atom stereocenters. The maximum absolute atomic E-state index is 11.8. The number of carbonyl (C=O) groups is 1. The minimum absolute atomic E-state index is 0.0360. The molecule has 0 saturated heterocycles. The first-order chi connectivity index (χ1) is 10.2. The molecule has 0 heterocycles. The molecule has 1 aliphatic carbocycles. The van der Waals surface area contributed by atoms with Gasteiger partial charge < -0.3 is 15.4 Å². The molecule has 2 rings (SSSR count). The van der Waals surface area contributed by atoms with Crippen molar-refractivity contribution in [3.63, 3.8) is 0 Å². The van der Waals surface area contributed by atoms with E-state index in [2.05, 4.69) is 29.7 Å². The largest absolute Gasteiger partial charge is 0.496 e. The number of rotatable bonds is 6. The van der Waals surface area contributed by atoms with Crippen LogP contribution in [0.2, 0.25) is 0 Å². The second kappa shape index (κ2) is 7.91. The van der Waals surface area contributed by atoms with Crippen molar-refractivity contribution < 1.29 is 9.53 Å². The van der Waals surface area contributed by atoms with Gasteiger partial charge >= 0.3 is 6.03 Å². The van der Waals surface area contributed by atoms with Crippen molar-refractivity contribution in [2.45, 2.75) is 51.5 Å². The molecule has 116 valence electrons. The Balaban J connectivity index is 1.76. The first kappa shape index (κ1) is 15.7. The zero-order valence-corrected chi connectivity index (χ0v) is 13.1. The predicted octanol–water partition coefficient (Wildman–Crippen LogP) is 3.04. The summed E-state index contributed by atoms with van der Waals surface area (Å²) >= 11 is 0. The third-order valence-corrected chi connectivity index (χ3v) is 4.12. The van der Waals surface area contributed by atoms with Gasteiger partial charge in [0.1, 0.15) is 5.75 Å². The third kappa shape index (κ3) is 4.66. The number of benzene rings is 1. The lowest BCUT2D eigenvalue weighted by Crippen LogP contribution is -2.41. The molecule has 4 heteroatoms. The zero-order chi connectivity index (χ0) is 15.1. The van der Waals surface area contributed by atoms with Gasteiger partial charge in [-0.3, -0.25) is 0 Å². The summed E-state index contributed by atoms with van der Waals surface area (Å²) in [6.45, 7) is 2.78. The van der Waals surface area contributed by atoms with Crippen LogP contribution in [0.15, 0.2) is 18.2 Å². The maximum Gasteiger partial charge on any atom is 0.315 e. The molecule has 4 nitrogen and oxygen atoms in total. The van der Waals surface area contributed by atoms with E-state index in [1.807, 2.05) is 6.07 Å². The minimum Gasteiger partial charge on any atom is -0.496 e. The van der Waals surface area contributed by atoms with E-state index in [4.69, 9.17) is 4.74 Å². The van der Waals surface area contributed by atoms with E-state index < -0.39 is 0 Å². The van der Waals surface area contributed by atoms with E-state index >= 15 is 0 Å². The monoisotopic (exact) mass is 290 g/mol. The molecular formula is C17H26N2O2. The summed E-state index contributed by atoms with van der Waals surface area (Å²) in [5.74, 6) is 0.938. The standard InChI is InChI=1S/C17H26N2O2/c1-3-14-12-13(8-9-16(14)21-2)10-11-18-17(20)19-15-6-4-5-7-15/h8-9,12,15H,3-7,10-11H2,1-2H3,(H2,18,19,20). The van der Waals surface area contributed by atoms with Gasteiger partial charge in [0, 0.05) is 12.6 Å². The minimum atomic E-state index is -0.0360. The van der Waals surface area contributed by atoms with Crippen molar-refractivity contribution in [1.29, 1.82) is 0 Å². The average Bonchev–Trinajstić information content (AvgIpc) is 2.99. The van der Waals surface area contributed by atoms with Crippen LogP contribution in [-0.4, -0.2) is 25.7 Å². The topological polar surface area (TPSA) is 50.4 Å². The van der Waals surface area contributed by atoms with Crippen LogP contribution < -0.4 is 15.4 Å². The fourth-order valence-corrected chi connectivity index (χ4v) is 2.89. The number of hydrogen-bond donors (Lipinski definition) is 2. The molecule has 0 atom stereocenters. The first-order valence-corrected chi connectivity index (χ1v) is 7.93. The van der Waals surface area contributed by atoms with Gasteiger partial charge in [-0.05, 0) is 42.9 Å². The molecular weight excluding hydrogens is 264 g/mol. The fraction of sp³-hybridized carbons (Fsp3) is 0.588. The number of urea groups is 1. The average molecular weight is 290 g/mol. The Morgan fingerprint density at radius 2 is 2.10 bits per heavy atom. The zero-order valence-electron chi connectivity index (χ0n) is 13.1. The molecule has 1 aromatic carbocycles. The van der Waals surface area contributed by atoms with Gasteiger partial charge in [-0.1, -0.05) is 31.9 Å². The van der Waals surface area contributed by atoms with Gasteiger partial charge in [0.2, 0.25) is 0 Å². The number of carbonyl (C=O) groups excluding carboxylic acids is 1. The highest BCUT2D eigenvalue weighted by molar-refractivity contribution is 5.74. The van der Waals surface area contributed by atoms with Gasteiger partial charge in [-0.2, -0.15) is 0 Å². The lowest BCUT2D eigenvalue weighted by atomic mass is 10.1. The fourth-order valence-electron chi connectivity index (χ4n) is 2.89. The van der Waals surface area contributed by atoms with E-state index in [1.165, 1.54) is 24.0 Å². The number of aryl methyl sites for hydroxylation is 1. The molecule has 1 aromatic rings. The SMILES string of the molecule is CCc1cc(CCNC(=O)NC2CCCC2)ccc1OC. The molecule has 1 saturated carbocycles. The van der Waals surface area contributed by atoms with Gasteiger partial charge in [-0.25, -0.2) is 4.79 Å². The van der Waals surface area contributed by atoms with E-state index in [0.29, 0.717) is 12.6 Å². The second-order valence-corrected chi connectivity index (χ2v) is 5.63. The molecule has 2 N–H and O–H groups in total. The number of ether oxygens (including phenoxy) is 1. The Morgan fingerprint density at radius 3 is 2.76 bits per heavy atom. The van der Waals surface area contributed by atoms with Crippen molar-refractivity contribution in [2.24, 2.45) is 0 Å². The van der Waals surface area contributed by atoms with Crippen LogP contribution in [0, 0.1) is 0 Å². The number of amides is 2. The van der Waals surface area contributed by atoms with Gasteiger partial charge in [0.05, 0.1) is 7.11 Å². The Bertz CT molecular complexity index is 468. The van der Waals surface area contributed by atoms with Crippen LogP contribution in [0.1, 0.15) is 43.7 Å². The van der Waals surface area contributed by atoms with Crippen molar-refractivity contribution in [1.82, 2.24) is 10.6 Å². The molecule has 0 aliphatic heterocycles. The number of hydrogen-bond acceptors (Lipinski definition) is 2. The van der Waals surface area contributed by atoms with Gasteiger partial charge in [0.25, 0.3) is 0 Å². The highest BCUT2D eigenvalue weighted by Crippen LogP contribution is 2.20. The van der Waals surface area contributed by atoms with E-state index in [0.717, 1.165) is 31.4 Å². The van der Waals surface area contributed by atoms with Gasteiger partial charge in [-0.15, -0.1) is 0 Å². The van der Waals surface area contributed by atoms with E-state index in [1.54, 1.807) is 7.11 Å². The van der Waals surface area contributed by atoms with Crippen LogP contribution in [0.3, 0.4) is 0 Å². The van der Waals surface area contributed by atoms with Crippen LogP contribution in [0.25, 0.3) is 0 Å². The summed E-state index contributed by atoms with van der Waals surface area (Å²) < 4.78 is 5.33. The normalized spacial score (nSPS) is 15.0. The number of nitrogens with one attached hydrogen (secondary N) is 2. The molecule has 1 fully saturated rings. The maximum atomic E-state index is 11.8. The van der Waals surface area contributed by atoms with Crippen molar-refractivity contribution in [3.05, 3.63) is 29.3 Å². The molecule has 0 aromatic heterocycles. The third-order valence-electron chi connectivity index (χ3n) is 4.12. The summed E-state index contributed by atoms with van der Waals surface area (Å²) in [5.41, 5.74) is 2.44. The smallest absolute Gasteiger partial charge is 0.315 e. The predicted molar refractivity (Wildman–Crippen MR) is 84.9 cm³/mol. The second-order valence-electron chi connectivity index (χ2n) is 5.63. The summed E-state index contributed by atoms with van der Waals surface area (Å²) in [6, 6.07) is 6.57. The summed E-state index contributed by atoms with van der Waals surface area (Å²) in [4.78, 5) is 11.8. The summed E-state index contributed by atoms with van der Waals surface area (Å²) in [6.07, 6.45) is 6.49. The summed E-state index contributed by atoms with van der Waals surface area (Å²) in [7, 11) is 1.70. The van der Waals surface area contributed by atoms with Crippen LogP contribution in [-0.2, 0) is 12.8 Å². The molecule has 0 bridgehead atoms. The Labute approximate surface area is 127 Å². The highest BCUT2D eigenvalue weighted by Gasteiger charge is 2.16. The van der Waals surface area contributed by atoms with E-state index in [-0.39, 0.29) is 6.03 Å². The molecule has 21 heavy (non-hydrogen) atoms. The Morgan fingerprint density at radius 1 is 1.33 bits per heavy atom. The van der Waals surface area contributed by atoms with Gasteiger partial charge in [0.15, 0.2) is 0 Å². The quantitative estimate of drug-likeness (QED) is 0.846. The first-order valence-electron chi connectivity index (χ1n) is 7.93. The molecule has 0 radical (unpaired) electrons. The molecule has 2 amide bonds. The van der Waals surface area contributed by atoms with Crippen molar-refractivity contribution >= 4 is 6.03 Å². The highest BCUT2D eigenvalue weighted by atomic mass is 16.5. The lowest BCUT2D eigenvalue weighted by Gasteiger charge is -2.13. The van der Waals surface area contributed by atoms with Crippen molar-refractivity contribution in [2.75, 3.05) is 13.7 Å². The van der Waals surface area contributed by atoms with Crippen LogP contribution in [0.5, 0.6) is 5.75 Å².